The quantitative estimate of drug-likeness (QED) is 0.695. The van der Waals surface area contributed by atoms with Gasteiger partial charge in [0.1, 0.15) is 5.75 Å². The van der Waals surface area contributed by atoms with Crippen LogP contribution in [0.3, 0.4) is 0 Å². The van der Waals surface area contributed by atoms with Gasteiger partial charge in [-0.15, -0.1) is 13.2 Å². The topological polar surface area (TPSA) is 33.0 Å². The SMILES string of the molecule is C=CCC(C#N)(CC=C)c1ccc(OC)cc1. The van der Waals surface area contributed by atoms with E-state index in [0.717, 1.165) is 11.3 Å². The van der Waals surface area contributed by atoms with E-state index >= 15 is 0 Å². The number of hydrogen-bond donors (Lipinski definition) is 0. The highest BCUT2D eigenvalue weighted by atomic mass is 16.5. The summed E-state index contributed by atoms with van der Waals surface area (Å²) in [6, 6.07) is 9.98. The van der Waals surface area contributed by atoms with E-state index in [1.807, 2.05) is 24.3 Å². The second-order valence-electron chi connectivity index (χ2n) is 3.91. The molecule has 0 aliphatic carbocycles. The predicted octanol–water partition coefficient (Wildman–Crippen LogP) is 3.61. The van der Waals surface area contributed by atoms with Crippen LogP contribution in [0.5, 0.6) is 5.75 Å². The normalized spacial score (nSPS) is 10.4. The molecule has 88 valence electrons. The summed E-state index contributed by atoms with van der Waals surface area (Å²) in [7, 11) is 1.63. The molecule has 0 heterocycles. The van der Waals surface area contributed by atoms with Crippen molar-refractivity contribution in [1.29, 1.82) is 5.26 Å². The molecule has 0 amide bonds. The lowest BCUT2D eigenvalue weighted by atomic mass is 9.76. The number of ether oxygens (including phenoxy) is 1. The monoisotopic (exact) mass is 227 g/mol. The first-order valence-corrected chi connectivity index (χ1v) is 5.50. The Bertz CT molecular complexity index is 415. The Labute approximate surface area is 103 Å². The first-order valence-electron chi connectivity index (χ1n) is 5.50. The summed E-state index contributed by atoms with van der Waals surface area (Å²) >= 11 is 0. The van der Waals surface area contributed by atoms with Gasteiger partial charge < -0.3 is 4.74 Å². The van der Waals surface area contributed by atoms with Gasteiger partial charge in [0.25, 0.3) is 0 Å². The maximum Gasteiger partial charge on any atom is 0.118 e. The maximum absolute atomic E-state index is 9.44. The van der Waals surface area contributed by atoms with Crippen LogP contribution in [-0.4, -0.2) is 7.11 Å². The third kappa shape index (κ3) is 2.76. The average molecular weight is 227 g/mol. The van der Waals surface area contributed by atoms with E-state index in [2.05, 4.69) is 19.2 Å². The minimum absolute atomic E-state index is 0.560. The zero-order valence-corrected chi connectivity index (χ0v) is 10.1. The zero-order valence-electron chi connectivity index (χ0n) is 10.1. The molecule has 17 heavy (non-hydrogen) atoms. The molecule has 1 rings (SSSR count). The molecule has 0 aliphatic heterocycles. The van der Waals surface area contributed by atoms with Gasteiger partial charge in [0.15, 0.2) is 0 Å². The minimum Gasteiger partial charge on any atom is -0.497 e. The molecular formula is C15H17NO. The first kappa shape index (κ1) is 13.1. The van der Waals surface area contributed by atoms with E-state index in [-0.39, 0.29) is 0 Å². The van der Waals surface area contributed by atoms with Gasteiger partial charge in [-0.2, -0.15) is 5.26 Å². The van der Waals surface area contributed by atoms with Gasteiger partial charge in [-0.05, 0) is 30.5 Å². The number of nitrogens with zero attached hydrogens (tertiary/aromatic N) is 1. The summed E-state index contributed by atoms with van der Waals surface area (Å²) < 4.78 is 5.11. The Morgan fingerprint density at radius 2 is 1.76 bits per heavy atom. The molecule has 2 nitrogen and oxygen atoms in total. The fourth-order valence-corrected chi connectivity index (χ4v) is 1.88. The summed E-state index contributed by atoms with van der Waals surface area (Å²) in [5.74, 6) is 0.790. The molecule has 2 heteroatoms. The maximum atomic E-state index is 9.44. The Morgan fingerprint density at radius 3 is 2.12 bits per heavy atom. The van der Waals surface area contributed by atoms with Crippen LogP contribution in [0.15, 0.2) is 49.6 Å². The molecule has 0 N–H and O–H groups in total. The number of hydrogen-bond acceptors (Lipinski definition) is 2. The van der Waals surface area contributed by atoms with Crippen LogP contribution in [0, 0.1) is 11.3 Å². The number of benzene rings is 1. The third-order valence-corrected chi connectivity index (χ3v) is 2.84. The molecule has 0 bridgehead atoms. The van der Waals surface area contributed by atoms with Crippen LogP contribution in [0.2, 0.25) is 0 Å². The Hall–Kier alpha value is -2.01. The highest BCUT2D eigenvalue weighted by Crippen LogP contribution is 2.33. The van der Waals surface area contributed by atoms with Gasteiger partial charge in [-0.1, -0.05) is 24.3 Å². The highest BCUT2D eigenvalue weighted by Gasteiger charge is 2.29. The van der Waals surface area contributed by atoms with Crippen LogP contribution in [0.25, 0.3) is 0 Å². The summed E-state index contributed by atoms with van der Waals surface area (Å²) in [4.78, 5) is 0. The Morgan fingerprint density at radius 1 is 1.24 bits per heavy atom. The van der Waals surface area contributed by atoms with Crippen molar-refractivity contribution in [3.63, 3.8) is 0 Å². The van der Waals surface area contributed by atoms with Crippen molar-refractivity contribution in [2.24, 2.45) is 0 Å². The Balaban J connectivity index is 3.15. The fraction of sp³-hybridized carbons (Fsp3) is 0.267. The van der Waals surface area contributed by atoms with Crippen molar-refractivity contribution in [3.05, 3.63) is 55.1 Å². The molecule has 0 aliphatic rings. The lowest BCUT2D eigenvalue weighted by Gasteiger charge is -2.24. The molecule has 0 atom stereocenters. The summed E-state index contributed by atoms with van der Waals surface area (Å²) in [5.41, 5.74) is 0.413. The van der Waals surface area contributed by atoms with Crippen molar-refractivity contribution >= 4 is 0 Å². The fourth-order valence-electron chi connectivity index (χ4n) is 1.88. The average Bonchev–Trinajstić information content (AvgIpc) is 2.38. The lowest BCUT2D eigenvalue weighted by molar-refractivity contribution is 0.414. The van der Waals surface area contributed by atoms with Gasteiger partial charge in [-0.3, -0.25) is 0 Å². The van der Waals surface area contributed by atoms with Crippen molar-refractivity contribution in [2.45, 2.75) is 18.3 Å². The van der Waals surface area contributed by atoms with Gasteiger partial charge in [0.05, 0.1) is 18.6 Å². The largest absolute Gasteiger partial charge is 0.497 e. The second kappa shape index (κ2) is 5.91. The highest BCUT2D eigenvalue weighted by molar-refractivity contribution is 5.38. The van der Waals surface area contributed by atoms with E-state index in [4.69, 9.17) is 4.74 Å². The van der Waals surface area contributed by atoms with Crippen molar-refractivity contribution in [1.82, 2.24) is 0 Å². The number of allylic oxidation sites excluding steroid dienone is 2. The third-order valence-electron chi connectivity index (χ3n) is 2.84. The smallest absolute Gasteiger partial charge is 0.118 e. The van der Waals surface area contributed by atoms with E-state index in [9.17, 15) is 5.26 Å². The molecule has 0 spiro atoms. The minimum atomic E-state index is -0.560. The van der Waals surface area contributed by atoms with Gasteiger partial charge >= 0.3 is 0 Å². The lowest BCUT2D eigenvalue weighted by Crippen LogP contribution is -2.22. The van der Waals surface area contributed by atoms with Crippen LogP contribution in [-0.2, 0) is 5.41 Å². The molecule has 1 aromatic rings. The molecule has 0 saturated heterocycles. The van der Waals surface area contributed by atoms with Crippen molar-refractivity contribution < 1.29 is 4.74 Å². The molecule has 0 aromatic heterocycles. The Kier molecular flexibility index (Phi) is 4.54. The van der Waals surface area contributed by atoms with Gasteiger partial charge in [0, 0.05) is 0 Å². The number of methoxy groups -OCH3 is 1. The van der Waals surface area contributed by atoms with Gasteiger partial charge in [0.2, 0.25) is 0 Å². The second-order valence-corrected chi connectivity index (χ2v) is 3.91. The predicted molar refractivity (Wildman–Crippen MR) is 69.9 cm³/mol. The zero-order chi connectivity index (χ0) is 12.7. The van der Waals surface area contributed by atoms with E-state index in [0.29, 0.717) is 12.8 Å². The first-order chi connectivity index (χ1) is 8.22. The summed E-state index contributed by atoms with van der Waals surface area (Å²) in [6.45, 7) is 7.45. The van der Waals surface area contributed by atoms with Gasteiger partial charge in [-0.25, -0.2) is 0 Å². The van der Waals surface area contributed by atoms with E-state index < -0.39 is 5.41 Å². The number of nitriles is 1. The molecular weight excluding hydrogens is 210 g/mol. The van der Waals surface area contributed by atoms with Crippen molar-refractivity contribution in [3.8, 4) is 11.8 Å². The standard InChI is InChI=1S/C15H17NO/c1-4-10-15(12-16,11-5-2)13-6-8-14(17-3)9-7-13/h4-9H,1-2,10-11H2,3H3. The summed E-state index contributed by atoms with van der Waals surface area (Å²) in [6.07, 6.45) is 4.78. The van der Waals surface area contributed by atoms with Crippen LogP contribution < -0.4 is 4.74 Å². The summed E-state index contributed by atoms with van der Waals surface area (Å²) in [5, 5.41) is 9.44. The van der Waals surface area contributed by atoms with Crippen molar-refractivity contribution in [2.75, 3.05) is 7.11 Å². The molecule has 0 fully saturated rings. The molecule has 0 saturated carbocycles. The van der Waals surface area contributed by atoms with E-state index in [1.165, 1.54) is 0 Å². The van der Waals surface area contributed by atoms with Crippen LogP contribution >= 0.6 is 0 Å². The van der Waals surface area contributed by atoms with Crippen LogP contribution in [0.1, 0.15) is 18.4 Å². The molecule has 0 radical (unpaired) electrons. The number of rotatable bonds is 6. The van der Waals surface area contributed by atoms with E-state index in [1.54, 1.807) is 19.3 Å². The van der Waals surface area contributed by atoms with Crippen LogP contribution in [0.4, 0.5) is 0 Å². The molecule has 0 unspecified atom stereocenters. The molecule has 1 aromatic carbocycles.